The monoisotopic (exact) mass is 339 g/mol. The van der Waals surface area contributed by atoms with E-state index in [2.05, 4.69) is 15.8 Å². The van der Waals surface area contributed by atoms with Crippen LogP contribution in [-0.4, -0.2) is 23.6 Å². The predicted molar refractivity (Wildman–Crippen MR) is 98.6 cm³/mol. The van der Waals surface area contributed by atoms with Gasteiger partial charge in [-0.3, -0.25) is 9.59 Å². The number of benzene rings is 2. The van der Waals surface area contributed by atoms with Gasteiger partial charge >= 0.3 is 0 Å². The molecule has 25 heavy (non-hydrogen) atoms. The van der Waals surface area contributed by atoms with E-state index in [1.807, 2.05) is 30.3 Å². The first-order valence-corrected chi connectivity index (χ1v) is 7.90. The van der Waals surface area contributed by atoms with Crippen LogP contribution in [0.15, 0.2) is 59.8 Å². The fourth-order valence-electron chi connectivity index (χ4n) is 2.02. The van der Waals surface area contributed by atoms with E-state index in [4.69, 9.17) is 4.84 Å². The Morgan fingerprint density at radius 3 is 2.12 bits per heavy atom. The lowest BCUT2D eigenvalue weighted by Gasteiger charge is -2.11. The van der Waals surface area contributed by atoms with Crippen LogP contribution in [0, 0.1) is 0 Å². The number of hydrogen-bond donors (Lipinski definition) is 2. The summed E-state index contributed by atoms with van der Waals surface area (Å²) >= 11 is 0. The molecule has 130 valence electrons. The first kappa shape index (κ1) is 18.2. The van der Waals surface area contributed by atoms with E-state index in [1.54, 1.807) is 38.1 Å². The van der Waals surface area contributed by atoms with Gasteiger partial charge in [0.1, 0.15) is 0 Å². The summed E-state index contributed by atoms with van der Waals surface area (Å²) in [6.45, 7) is 4.88. The zero-order valence-electron chi connectivity index (χ0n) is 14.4. The molecule has 0 bridgehead atoms. The summed E-state index contributed by atoms with van der Waals surface area (Å²) < 4.78 is 0. The average Bonchev–Trinajstić information content (AvgIpc) is 2.60. The SMILES string of the molecule is CC(=O)Nc1ccc(/C(C)=N/OC(C)C(=O)Nc2ccccc2)cc1. The zero-order valence-corrected chi connectivity index (χ0v) is 14.4. The molecule has 6 nitrogen and oxygen atoms in total. The van der Waals surface area contributed by atoms with Gasteiger partial charge in [0.15, 0.2) is 0 Å². The Morgan fingerprint density at radius 2 is 1.52 bits per heavy atom. The highest BCUT2D eigenvalue weighted by Gasteiger charge is 2.14. The van der Waals surface area contributed by atoms with Crippen LogP contribution < -0.4 is 10.6 Å². The molecule has 0 aromatic heterocycles. The molecular formula is C19H21N3O3. The summed E-state index contributed by atoms with van der Waals surface area (Å²) in [5.41, 5.74) is 2.89. The number of nitrogens with zero attached hydrogens (tertiary/aromatic N) is 1. The molecule has 1 atom stereocenters. The molecule has 0 aliphatic rings. The molecule has 0 saturated heterocycles. The lowest BCUT2D eigenvalue weighted by molar-refractivity contribution is -0.126. The summed E-state index contributed by atoms with van der Waals surface area (Å²) in [6, 6.07) is 16.4. The molecule has 0 aliphatic carbocycles. The maximum Gasteiger partial charge on any atom is 0.267 e. The minimum atomic E-state index is -0.728. The van der Waals surface area contributed by atoms with Crippen LogP contribution in [0.1, 0.15) is 26.3 Å². The standard InChI is InChI=1S/C19H21N3O3/c1-13(16-9-11-18(12-10-16)20-15(3)23)22-25-14(2)19(24)21-17-7-5-4-6-8-17/h4-12,14H,1-3H3,(H,20,23)(H,21,24)/b22-13+. The third kappa shape index (κ3) is 5.76. The highest BCUT2D eigenvalue weighted by atomic mass is 16.6. The summed E-state index contributed by atoms with van der Waals surface area (Å²) in [5, 5.41) is 9.47. The van der Waals surface area contributed by atoms with Crippen molar-refractivity contribution < 1.29 is 14.4 Å². The van der Waals surface area contributed by atoms with E-state index < -0.39 is 6.10 Å². The topological polar surface area (TPSA) is 79.8 Å². The molecule has 0 heterocycles. The second-order valence-corrected chi connectivity index (χ2v) is 5.54. The fourth-order valence-corrected chi connectivity index (χ4v) is 2.02. The maximum absolute atomic E-state index is 12.1. The highest BCUT2D eigenvalue weighted by Crippen LogP contribution is 2.11. The quantitative estimate of drug-likeness (QED) is 0.625. The number of carbonyl (C=O) groups is 2. The number of rotatable bonds is 6. The number of anilines is 2. The number of hydrogen-bond acceptors (Lipinski definition) is 4. The van der Waals surface area contributed by atoms with Gasteiger partial charge in [0.05, 0.1) is 5.71 Å². The van der Waals surface area contributed by atoms with Crippen molar-refractivity contribution in [1.82, 2.24) is 0 Å². The molecule has 1 unspecified atom stereocenters. The predicted octanol–water partition coefficient (Wildman–Crippen LogP) is 3.41. The molecular weight excluding hydrogens is 318 g/mol. The number of oxime groups is 1. The lowest BCUT2D eigenvalue weighted by Crippen LogP contribution is -2.26. The maximum atomic E-state index is 12.1. The molecule has 2 aromatic carbocycles. The van der Waals surface area contributed by atoms with Crippen molar-refractivity contribution in [3.05, 3.63) is 60.2 Å². The highest BCUT2D eigenvalue weighted by molar-refractivity contribution is 5.99. The molecule has 0 aliphatic heterocycles. The van der Waals surface area contributed by atoms with E-state index in [9.17, 15) is 9.59 Å². The van der Waals surface area contributed by atoms with Gasteiger partial charge in [0.2, 0.25) is 12.0 Å². The van der Waals surface area contributed by atoms with Crippen molar-refractivity contribution in [1.29, 1.82) is 0 Å². The van der Waals surface area contributed by atoms with Crippen molar-refractivity contribution in [2.75, 3.05) is 10.6 Å². The van der Waals surface area contributed by atoms with E-state index in [1.165, 1.54) is 6.92 Å². The van der Waals surface area contributed by atoms with Gasteiger partial charge in [-0.2, -0.15) is 0 Å². The van der Waals surface area contributed by atoms with Crippen LogP contribution in [0.4, 0.5) is 11.4 Å². The van der Waals surface area contributed by atoms with E-state index in [0.717, 1.165) is 5.56 Å². The minimum Gasteiger partial charge on any atom is -0.382 e. The molecule has 0 saturated carbocycles. The Bertz CT molecular complexity index is 755. The Hall–Kier alpha value is -3.15. The van der Waals surface area contributed by atoms with Crippen LogP contribution in [0.5, 0.6) is 0 Å². The van der Waals surface area contributed by atoms with Crippen LogP contribution in [0.2, 0.25) is 0 Å². The van der Waals surface area contributed by atoms with Gasteiger partial charge in [-0.1, -0.05) is 35.5 Å². The summed E-state index contributed by atoms with van der Waals surface area (Å²) in [5.74, 6) is -0.400. The fraction of sp³-hybridized carbons (Fsp3) is 0.211. The number of para-hydroxylation sites is 1. The number of nitrogens with one attached hydrogen (secondary N) is 2. The number of amides is 2. The third-order valence-corrected chi connectivity index (χ3v) is 3.38. The Labute approximate surface area is 146 Å². The lowest BCUT2D eigenvalue weighted by atomic mass is 10.1. The molecule has 2 rings (SSSR count). The van der Waals surface area contributed by atoms with Crippen molar-refractivity contribution in [2.24, 2.45) is 5.16 Å². The summed E-state index contributed by atoms with van der Waals surface area (Å²) in [7, 11) is 0. The van der Waals surface area contributed by atoms with Gasteiger partial charge in [0.25, 0.3) is 5.91 Å². The molecule has 2 aromatic rings. The largest absolute Gasteiger partial charge is 0.382 e. The molecule has 2 amide bonds. The summed E-state index contributed by atoms with van der Waals surface area (Å²) in [4.78, 5) is 28.4. The van der Waals surface area contributed by atoms with Crippen molar-refractivity contribution in [3.63, 3.8) is 0 Å². The minimum absolute atomic E-state index is 0.125. The van der Waals surface area contributed by atoms with Gasteiger partial charge in [-0.15, -0.1) is 0 Å². The van der Waals surface area contributed by atoms with Crippen LogP contribution in [0.25, 0.3) is 0 Å². The van der Waals surface area contributed by atoms with E-state index in [-0.39, 0.29) is 11.8 Å². The Morgan fingerprint density at radius 1 is 0.920 bits per heavy atom. The van der Waals surface area contributed by atoms with Crippen molar-refractivity contribution in [2.45, 2.75) is 26.9 Å². The molecule has 2 N–H and O–H groups in total. The molecule has 6 heteroatoms. The van der Waals surface area contributed by atoms with Crippen molar-refractivity contribution in [3.8, 4) is 0 Å². The average molecular weight is 339 g/mol. The van der Waals surface area contributed by atoms with Gasteiger partial charge in [-0.25, -0.2) is 0 Å². The second-order valence-electron chi connectivity index (χ2n) is 5.54. The van der Waals surface area contributed by atoms with Crippen LogP contribution >= 0.6 is 0 Å². The number of carbonyl (C=O) groups excluding carboxylic acids is 2. The van der Waals surface area contributed by atoms with E-state index >= 15 is 0 Å². The van der Waals surface area contributed by atoms with Crippen molar-refractivity contribution >= 4 is 28.9 Å². The van der Waals surface area contributed by atoms with Crippen LogP contribution in [0.3, 0.4) is 0 Å². The third-order valence-electron chi connectivity index (χ3n) is 3.38. The second kappa shape index (κ2) is 8.63. The van der Waals surface area contributed by atoms with Gasteiger partial charge < -0.3 is 15.5 Å². The molecule has 0 radical (unpaired) electrons. The smallest absolute Gasteiger partial charge is 0.267 e. The molecule has 0 fully saturated rings. The summed E-state index contributed by atoms with van der Waals surface area (Å²) in [6.07, 6.45) is -0.728. The normalized spacial score (nSPS) is 12.2. The Balaban J connectivity index is 1.93. The first-order chi connectivity index (χ1) is 12.0. The first-order valence-electron chi connectivity index (χ1n) is 7.90. The van der Waals surface area contributed by atoms with Gasteiger partial charge in [-0.05, 0) is 43.7 Å². The van der Waals surface area contributed by atoms with Crippen LogP contribution in [-0.2, 0) is 14.4 Å². The zero-order chi connectivity index (χ0) is 18.2. The van der Waals surface area contributed by atoms with Gasteiger partial charge in [0, 0.05) is 18.3 Å². The van der Waals surface area contributed by atoms with E-state index in [0.29, 0.717) is 17.1 Å². The molecule has 0 spiro atoms. The Kier molecular flexibility index (Phi) is 6.28.